The third-order valence-electron chi connectivity index (χ3n) is 8.49. The van der Waals surface area contributed by atoms with Crippen molar-refractivity contribution < 1.29 is 17.9 Å². The molecule has 0 N–H and O–H groups in total. The quantitative estimate of drug-likeness (QED) is 0.337. The molecular weight excluding hydrogens is 590 g/mol. The molecule has 1 aromatic heterocycles. The summed E-state index contributed by atoms with van der Waals surface area (Å²) in [6.07, 6.45) is 3.75. The second-order valence-corrected chi connectivity index (χ2v) is 14.4. The lowest BCUT2D eigenvalue weighted by molar-refractivity contribution is 0.0342. The van der Waals surface area contributed by atoms with Crippen molar-refractivity contribution in [1.29, 1.82) is 0 Å². The Morgan fingerprint density at radius 1 is 0.977 bits per heavy atom. The van der Waals surface area contributed by atoms with E-state index in [4.69, 9.17) is 21.1 Å². The van der Waals surface area contributed by atoms with Gasteiger partial charge in [0.25, 0.3) is 0 Å². The van der Waals surface area contributed by atoms with E-state index in [1.165, 1.54) is 8.99 Å². The molecule has 0 spiro atoms. The molecule has 10 nitrogen and oxygen atoms in total. The van der Waals surface area contributed by atoms with E-state index in [1.807, 2.05) is 29.2 Å². The maximum atomic E-state index is 13.6. The second-order valence-electron chi connectivity index (χ2n) is 12.0. The Balaban J connectivity index is 1.13. The molecule has 2 aromatic carbocycles. The minimum atomic E-state index is -3.51. The monoisotopic (exact) mass is 627 g/mol. The number of hydrogen-bond acceptors (Lipinski definition) is 8. The van der Waals surface area contributed by atoms with Gasteiger partial charge in [-0.1, -0.05) is 48.9 Å². The van der Waals surface area contributed by atoms with Crippen LogP contribution in [0.3, 0.4) is 0 Å². The fourth-order valence-corrected chi connectivity index (χ4v) is 7.15. The number of halogens is 1. The molecule has 0 amide bonds. The number of ether oxygens (including phenoxy) is 2. The zero-order valence-corrected chi connectivity index (χ0v) is 26.0. The van der Waals surface area contributed by atoms with Gasteiger partial charge in [0.2, 0.25) is 15.8 Å². The maximum absolute atomic E-state index is 13.6. The fraction of sp³-hybridized carbons (Fsp3) is 0.484. The Labute approximate surface area is 257 Å². The summed E-state index contributed by atoms with van der Waals surface area (Å²) in [7, 11) is -3.51. The molecule has 0 bridgehead atoms. The molecule has 2 aliphatic heterocycles. The Hall–Kier alpha value is -2.96. The first-order valence-corrected chi connectivity index (χ1v) is 16.8. The molecule has 3 aromatic rings. The summed E-state index contributed by atoms with van der Waals surface area (Å²) in [6.45, 7) is 8.21. The summed E-state index contributed by atoms with van der Waals surface area (Å²) < 4.78 is 41.1. The Morgan fingerprint density at radius 2 is 1.67 bits per heavy atom. The maximum Gasteiger partial charge on any atom is 0.316 e. The highest BCUT2D eigenvalue weighted by molar-refractivity contribution is 7.88. The Kier molecular flexibility index (Phi) is 8.79. The number of anilines is 1. The van der Waals surface area contributed by atoms with Crippen molar-refractivity contribution in [2.75, 3.05) is 64.0 Å². The van der Waals surface area contributed by atoms with Crippen LogP contribution in [0.1, 0.15) is 30.9 Å². The highest BCUT2D eigenvalue weighted by atomic mass is 35.5. The molecular formula is C31H38ClN5O5S. The molecule has 1 saturated carbocycles. The van der Waals surface area contributed by atoms with Crippen molar-refractivity contribution >= 4 is 27.3 Å². The van der Waals surface area contributed by atoms with Gasteiger partial charge in [0.1, 0.15) is 5.69 Å². The Morgan fingerprint density at radius 3 is 2.35 bits per heavy atom. The summed E-state index contributed by atoms with van der Waals surface area (Å²) in [5, 5.41) is 4.94. The van der Waals surface area contributed by atoms with Crippen molar-refractivity contribution in [2.24, 2.45) is 5.41 Å². The standard InChI is InChI=1S/C31H38ClN5O5S/c1-31(9-10-31)23-42-29-28(20-33-37(30(29)38)27-4-2-3-26(32)19-27)35-11-13-36(14-12-35)43(39,40)22-25-7-5-24(6-8-25)21-34-15-17-41-18-16-34/h2-8,19-20H,9-18,21-23H2,1H3. The number of piperazine rings is 1. The number of benzene rings is 2. The minimum absolute atomic E-state index is 0.0466. The number of aromatic nitrogens is 2. The van der Waals surface area contributed by atoms with Gasteiger partial charge in [-0.2, -0.15) is 14.1 Å². The van der Waals surface area contributed by atoms with Crippen LogP contribution in [-0.2, 0) is 27.1 Å². The van der Waals surface area contributed by atoms with Gasteiger partial charge in [-0.15, -0.1) is 0 Å². The topological polar surface area (TPSA) is 97.2 Å². The summed E-state index contributed by atoms with van der Waals surface area (Å²) in [6, 6.07) is 14.8. The third-order valence-corrected chi connectivity index (χ3v) is 10.6. The van der Waals surface area contributed by atoms with E-state index >= 15 is 0 Å². The van der Waals surface area contributed by atoms with Gasteiger partial charge >= 0.3 is 5.56 Å². The van der Waals surface area contributed by atoms with Crippen LogP contribution in [-0.4, -0.2) is 86.5 Å². The predicted octanol–water partition coefficient (Wildman–Crippen LogP) is 3.55. The van der Waals surface area contributed by atoms with Crippen LogP contribution in [0, 0.1) is 5.41 Å². The zero-order valence-electron chi connectivity index (χ0n) is 24.5. The first kappa shape index (κ1) is 30.1. The molecule has 0 unspecified atom stereocenters. The number of morpholine rings is 1. The molecule has 3 fully saturated rings. The first-order valence-electron chi connectivity index (χ1n) is 14.8. The van der Waals surface area contributed by atoms with Gasteiger partial charge in [0.05, 0.1) is 37.5 Å². The lowest BCUT2D eigenvalue weighted by Crippen LogP contribution is -2.49. The van der Waals surface area contributed by atoms with Gasteiger partial charge in [0, 0.05) is 56.3 Å². The minimum Gasteiger partial charge on any atom is -0.486 e. The van der Waals surface area contributed by atoms with E-state index in [0.29, 0.717) is 49.2 Å². The van der Waals surface area contributed by atoms with Crippen LogP contribution < -0.4 is 15.2 Å². The summed E-state index contributed by atoms with van der Waals surface area (Å²) in [5.41, 5.74) is 2.78. The average Bonchev–Trinajstić information content (AvgIpc) is 3.75. The van der Waals surface area contributed by atoms with Crippen LogP contribution in [0.5, 0.6) is 5.75 Å². The van der Waals surface area contributed by atoms with Crippen molar-refractivity contribution in [3.63, 3.8) is 0 Å². The van der Waals surface area contributed by atoms with Gasteiger partial charge in [-0.3, -0.25) is 9.69 Å². The fourth-order valence-electron chi connectivity index (χ4n) is 5.45. The number of hydrogen-bond donors (Lipinski definition) is 0. The molecule has 0 radical (unpaired) electrons. The van der Waals surface area contributed by atoms with Crippen LogP contribution in [0.15, 0.2) is 59.5 Å². The van der Waals surface area contributed by atoms with E-state index in [1.54, 1.807) is 30.5 Å². The van der Waals surface area contributed by atoms with Gasteiger partial charge in [-0.05, 0) is 42.2 Å². The lowest BCUT2D eigenvalue weighted by Gasteiger charge is -2.35. The van der Waals surface area contributed by atoms with Gasteiger partial charge < -0.3 is 14.4 Å². The number of nitrogens with zero attached hydrogens (tertiary/aromatic N) is 5. The highest BCUT2D eigenvalue weighted by Gasteiger charge is 2.39. The van der Waals surface area contributed by atoms with E-state index in [-0.39, 0.29) is 22.5 Å². The molecule has 6 rings (SSSR count). The summed E-state index contributed by atoms with van der Waals surface area (Å²) in [4.78, 5) is 18.0. The van der Waals surface area contributed by atoms with Crippen LogP contribution in [0.2, 0.25) is 5.02 Å². The van der Waals surface area contributed by atoms with Crippen LogP contribution >= 0.6 is 11.6 Å². The average molecular weight is 628 g/mol. The van der Waals surface area contributed by atoms with Gasteiger partial charge in [-0.25, -0.2) is 8.42 Å². The smallest absolute Gasteiger partial charge is 0.316 e. The lowest BCUT2D eigenvalue weighted by atomic mass is 10.1. The summed E-state index contributed by atoms with van der Waals surface area (Å²) >= 11 is 6.17. The van der Waals surface area contributed by atoms with E-state index in [2.05, 4.69) is 16.9 Å². The molecule has 3 aliphatic rings. The SMILES string of the molecule is CC1(COc2c(N3CCN(S(=O)(=O)Cc4ccc(CN5CCOCC5)cc4)CC3)cnn(-c3cccc(Cl)c3)c2=O)CC1. The zero-order chi connectivity index (χ0) is 30.0. The molecule has 3 heterocycles. The van der Waals surface area contributed by atoms with Crippen LogP contribution in [0.4, 0.5) is 5.69 Å². The summed E-state index contributed by atoms with van der Waals surface area (Å²) in [5.74, 6) is 0.186. The van der Waals surface area contributed by atoms with Crippen molar-refractivity contribution in [1.82, 2.24) is 19.0 Å². The Bertz CT molecular complexity index is 1600. The highest BCUT2D eigenvalue weighted by Crippen LogP contribution is 2.45. The molecule has 0 atom stereocenters. The van der Waals surface area contributed by atoms with E-state index in [9.17, 15) is 13.2 Å². The predicted molar refractivity (Wildman–Crippen MR) is 167 cm³/mol. The second kappa shape index (κ2) is 12.6. The molecule has 43 heavy (non-hydrogen) atoms. The largest absolute Gasteiger partial charge is 0.486 e. The molecule has 2 saturated heterocycles. The van der Waals surface area contributed by atoms with E-state index in [0.717, 1.165) is 56.8 Å². The van der Waals surface area contributed by atoms with E-state index < -0.39 is 10.0 Å². The van der Waals surface area contributed by atoms with Crippen molar-refractivity contribution in [3.05, 3.63) is 81.2 Å². The first-order chi connectivity index (χ1) is 20.7. The van der Waals surface area contributed by atoms with Crippen molar-refractivity contribution in [2.45, 2.75) is 32.1 Å². The number of sulfonamides is 1. The van der Waals surface area contributed by atoms with Crippen LogP contribution in [0.25, 0.3) is 5.69 Å². The normalized spacial score (nSPS) is 19.3. The van der Waals surface area contributed by atoms with Gasteiger partial charge in [0.15, 0.2) is 0 Å². The van der Waals surface area contributed by atoms with Crippen molar-refractivity contribution in [3.8, 4) is 11.4 Å². The number of rotatable bonds is 10. The molecule has 1 aliphatic carbocycles. The molecule has 12 heteroatoms. The molecule has 230 valence electrons. The third kappa shape index (κ3) is 7.24.